The van der Waals surface area contributed by atoms with E-state index in [-0.39, 0.29) is 19.1 Å². The largest absolute Gasteiger partial charge is 0.388 e. The topological polar surface area (TPSA) is 64.0 Å². The second-order valence-electron chi connectivity index (χ2n) is 3.49. The highest BCUT2D eigenvalue weighted by molar-refractivity contribution is 5.74. The van der Waals surface area contributed by atoms with Gasteiger partial charge >= 0.3 is 6.03 Å². The molecule has 1 aliphatic heterocycles. The van der Waals surface area contributed by atoms with Crippen LogP contribution in [0.4, 0.5) is 4.79 Å². The number of hydrogen-bond donors (Lipinski definition) is 2. The molecule has 0 radical (unpaired) electrons. The first-order valence-electron chi connectivity index (χ1n) is 5.00. The quantitative estimate of drug-likeness (QED) is 0.633. The van der Waals surface area contributed by atoms with Crippen LogP contribution < -0.4 is 0 Å². The minimum atomic E-state index is -0.797. The fraction of sp³-hybridized carbons (Fsp3) is 0.889. The van der Waals surface area contributed by atoms with E-state index in [0.717, 1.165) is 0 Å². The summed E-state index contributed by atoms with van der Waals surface area (Å²) in [5, 5.41) is 18.6. The molecule has 0 aliphatic carbocycles. The van der Waals surface area contributed by atoms with E-state index in [1.165, 1.54) is 4.90 Å². The molecule has 1 heterocycles. The molecule has 0 aromatic rings. The van der Waals surface area contributed by atoms with Crippen molar-refractivity contribution < 1.29 is 15.0 Å². The molecule has 0 bridgehead atoms. The van der Waals surface area contributed by atoms with Crippen molar-refractivity contribution in [2.45, 2.75) is 26.1 Å². The summed E-state index contributed by atoms with van der Waals surface area (Å²) >= 11 is 0. The number of carbonyl (C=O) groups excluding carboxylic acids is 1. The summed E-state index contributed by atoms with van der Waals surface area (Å²) in [6, 6.07) is -0.106. The Morgan fingerprint density at radius 1 is 1.29 bits per heavy atom. The Morgan fingerprint density at radius 2 is 1.71 bits per heavy atom. The molecule has 82 valence electrons. The summed E-state index contributed by atoms with van der Waals surface area (Å²) in [5.41, 5.74) is 0. The van der Waals surface area contributed by atoms with E-state index in [1.807, 2.05) is 13.8 Å². The Hall–Kier alpha value is -0.810. The zero-order valence-corrected chi connectivity index (χ0v) is 8.68. The van der Waals surface area contributed by atoms with Gasteiger partial charge < -0.3 is 20.0 Å². The van der Waals surface area contributed by atoms with Crippen LogP contribution >= 0.6 is 0 Å². The highest BCUT2D eigenvalue weighted by atomic mass is 16.3. The van der Waals surface area contributed by atoms with E-state index in [4.69, 9.17) is 0 Å². The lowest BCUT2D eigenvalue weighted by Gasteiger charge is -2.25. The first-order valence-corrected chi connectivity index (χ1v) is 5.00. The van der Waals surface area contributed by atoms with Crippen LogP contribution in [0.1, 0.15) is 13.8 Å². The normalized spacial score (nSPS) is 26.7. The van der Waals surface area contributed by atoms with Crippen molar-refractivity contribution in [2.24, 2.45) is 0 Å². The molecule has 1 rings (SSSR count). The van der Waals surface area contributed by atoms with Crippen LogP contribution in [0.2, 0.25) is 0 Å². The van der Waals surface area contributed by atoms with Gasteiger partial charge in [-0.15, -0.1) is 0 Å². The van der Waals surface area contributed by atoms with Gasteiger partial charge in [-0.25, -0.2) is 4.79 Å². The number of aliphatic hydroxyl groups excluding tert-OH is 2. The van der Waals surface area contributed by atoms with Crippen molar-refractivity contribution in [1.29, 1.82) is 0 Å². The summed E-state index contributed by atoms with van der Waals surface area (Å²) < 4.78 is 0. The van der Waals surface area contributed by atoms with Crippen molar-refractivity contribution >= 4 is 6.03 Å². The van der Waals surface area contributed by atoms with E-state index < -0.39 is 12.2 Å². The zero-order chi connectivity index (χ0) is 10.7. The first kappa shape index (κ1) is 11.3. The van der Waals surface area contributed by atoms with Crippen LogP contribution in [0, 0.1) is 0 Å². The van der Waals surface area contributed by atoms with Crippen molar-refractivity contribution in [3.8, 4) is 0 Å². The number of urea groups is 1. The lowest BCUT2D eigenvalue weighted by atomic mass is 10.3. The van der Waals surface area contributed by atoms with Gasteiger partial charge in [-0.05, 0) is 13.8 Å². The summed E-state index contributed by atoms with van der Waals surface area (Å²) in [6.45, 7) is 5.58. The lowest BCUT2D eigenvalue weighted by molar-refractivity contribution is 0.0572. The predicted molar refractivity (Wildman–Crippen MR) is 51.9 cm³/mol. The van der Waals surface area contributed by atoms with E-state index in [1.54, 1.807) is 4.90 Å². The third-order valence-corrected chi connectivity index (χ3v) is 2.56. The van der Waals surface area contributed by atoms with Crippen molar-refractivity contribution in [3.05, 3.63) is 0 Å². The SMILES string of the molecule is CCN(CC)C(=O)N1C[C@@H](O)[C@@H](O)C1. The van der Waals surface area contributed by atoms with Gasteiger partial charge in [-0.1, -0.05) is 0 Å². The molecule has 2 atom stereocenters. The second kappa shape index (κ2) is 4.61. The smallest absolute Gasteiger partial charge is 0.320 e. The molecule has 1 fully saturated rings. The number of hydrogen-bond acceptors (Lipinski definition) is 3. The van der Waals surface area contributed by atoms with Gasteiger partial charge in [-0.3, -0.25) is 0 Å². The molecule has 14 heavy (non-hydrogen) atoms. The van der Waals surface area contributed by atoms with Gasteiger partial charge in [0.15, 0.2) is 0 Å². The Balaban J connectivity index is 2.54. The van der Waals surface area contributed by atoms with Crippen LogP contribution in [0.3, 0.4) is 0 Å². The van der Waals surface area contributed by atoms with E-state index >= 15 is 0 Å². The van der Waals surface area contributed by atoms with Crippen molar-refractivity contribution in [1.82, 2.24) is 9.80 Å². The molecule has 2 N–H and O–H groups in total. The van der Waals surface area contributed by atoms with Gasteiger partial charge in [0, 0.05) is 13.1 Å². The predicted octanol–water partition coefficient (Wildman–Crippen LogP) is -0.514. The second-order valence-corrected chi connectivity index (χ2v) is 3.49. The van der Waals surface area contributed by atoms with Crippen LogP contribution in [0.25, 0.3) is 0 Å². The average molecular weight is 202 g/mol. The number of β-amino-alcohol motifs (C(OH)–C–C–N with tert-alkyl or cyclic N) is 2. The first-order chi connectivity index (χ1) is 6.60. The molecule has 5 nitrogen and oxygen atoms in total. The molecule has 0 aromatic carbocycles. The maximum absolute atomic E-state index is 11.7. The van der Waals surface area contributed by atoms with Gasteiger partial charge in [0.1, 0.15) is 0 Å². The monoisotopic (exact) mass is 202 g/mol. The number of likely N-dealkylation sites (tertiary alicyclic amines) is 1. The Morgan fingerprint density at radius 3 is 2.07 bits per heavy atom. The number of nitrogens with zero attached hydrogens (tertiary/aromatic N) is 2. The standard InChI is InChI=1S/C9H18N2O3/c1-3-10(4-2)9(14)11-5-7(12)8(13)6-11/h7-8,12-13H,3-6H2,1-2H3/t7-,8+. The Bertz CT molecular complexity index is 196. The van der Waals surface area contributed by atoms with E-state index in [0.29, 0.717) is 13.1 Å². The minimum absolute atomic E-state index is 0.106. The van der Waals surface area contributed by atoms with E-state index in [9.17, 15) is 15.0 Å². The minimum Gasteiger partial charge on any atom is -0.388 e. The molecule has 1 saturated heterocycles. The summed E-state index contributed by atoms with van der Waals surface area (Å²) in [6.07, 6.45) is -1.59. The number of aliphatic hydroxyl groups is 2. The van der Waals surface area contributed by atoms with Crippen LogP contribution in [0.5, 0.6) is 0 Å². The maximum Gasteiger partial charge on any atom is 0.320 e. The average Bonchev–Trinajstić information content (AvgIpc) is 2.49. The molecular weight excluding hydrogens is 184 g/mol. The van der Waals surface area contributed by atoms with Crippen LogP contribution in [-0.4, -0.2) is 64.4 Å². The number of amides is 2. The molecule has 0 unspecified atom stereocenters. The molecule has 0 spiro atoms. The summed E-state index contributed by atoms with van der Waals surface area (Å²) in [5.74, 6) is 0. The fourth-order valence-corrected chi connectivity index (χ4v) is 1.62. The molecule has 5 heteroatoms. The summed E-state index contributed by atoms with van der Waals surface area (Å²) in [4.78, 5) is 14.9. The van der Waals surface area contributed by atoms with Gasteiger partial charge in [-0.2, -0.15) is 0 Å². The maximum atomic E-state index is 11.7. The molecule has 0 aromatic heterocycles. The third-order valence-electron chi connectivity index (χ3n) is 2.56. The zero-order valence-electron chi connectivity index (χ0n) is 8.68. The van der Waals surface area contributed by atoms with Crippen LogP contribution in [0.15, 0.2) is 0 Å². The number of rotatable bonds is 2. The van der Waals surface area contributed by atoms with Gasteiger partial charge in [0.05, 0.1) is 25.3 Å². The highest BCUT2D eigenvalue weighted by Gasteiger charge is 2.33. The lowest BCUT2D eigenvalue weighted by Crippen LogP contribution is -2.42. The van der Waals surface area contributed by atoms with Crippen molar-refractivity contribution in [2.75, 3.05) is 26.2 Å². The van der Waals surface area contributed by atoms with Gasteiger partial charge in [0.25, 0.3) is 0 Å². The Labute approximate surface area is 83.9 Å². The molecular formula is C9H18N2O3. The van der Waals surface area contributed by atoms with E-state index in [2.05, 4.69) is 0 Å². The van der Waals surface area contributed by atoms with Crippen molar-refractivity contribution in [3.63, 3.8) is 0 Å². The summed E-state index contributed by atoms with van der Waals surface area (Å²) in [7, 11) is 0. The van der Waals surface area contributed by atoms with Crippen LogP contribution in [-0.2, 0) is 0 Å². The number of carbonyl (C=O) groups is 1. The molecule has 2 amide bonds. The Kier molecular flexibility index (Phi) is 3.71. The molecule has 1 aliphatic rings. The fourth-order valence-electron chi connectivity index (χ4n) is 1.62. The van der Waals surface area contributed by atoms with Gasteiger partial charge in [0.2, 0.25) is 0 Å². The highest BCUT2D eigenvalue weighted by Crippen LogP contribution is 2.12. The third kappa shape index (κ3) is 2.16. The molecule has 0 saturated carbocycles.